The third kappa shape index (κ3) is 5.01. The second-order valence-electron chi connectivity index (χ2n) is 5.95. The van der Waals surface area contributed by atoms with Crippen LogP contribution in [0.15, 0.2) is 85.1 Å². The molecule has 0 unspecified atom stereocenters. The maximum atomic E-state index is 4.41. The van der Waals surface area contributed by atoms with E-state index in [1.54, 1.807) is 0 Å². The molecule has 24 heavy (non-hydrogen) atoms. The predicted octanol–water partition coefficient (Wildman–Crippen LogP) is 4.93. The number of aryl methyl sites for hydroxylation is 1. The van der Waals surface area contributed by atoms with Crippen LogP contribution < -0.4 is 10.6 Å². The maximum absolute atomic E-state index is 4.41. The highest BCUT2D eigenvalue weighted by molar-refractivity contribution is 7.73. The molecule has 1 aromatic heterocycles. The Kier molecular flexibility index (Phi) is 6.57. The van der Waals surface area contributed by atoms with Gasteiger partial charge in [0.25, 0.3) is 0 Å². The van der Waals surface area contributed by atoms with Crippen molar-refractivity contribution in [2.45, 2.75) is 25.7 Å². The first-order valence-electron chi connectivity index (χ1n) is 8.71. The van der Waals surface area contributed by atoms with E-state index in [0.717, 1.165) is 6.42 Å². The standard InChI is InChI=1S/C22H24NP/c1-5-14-21(15-6-1)24(22-16-7-2-8-17-22)19-11-3-4-12-20-13-9-10-18-23-20/h1-2,5-10,13-18H,3-4,11-12,19H2. The van der Waals surface area contributed by atoms with Gasteiger partial charge in [0.2, 0.25) is 0 Å². The fraction of sp³-hybridized carbons (Fsp3) is 0.227. The zero-order valence-electron chi connectivity index (χ0n) is 14.0. The second kappa shape index (κ2) is 9.35. The minimum atomic E-state index is -0.237. The molecule has 0 aliphatic rings. The van der Waals surface area contributed by atoms with Crippen molar-refractivity contribution in [3.63, 3.8) is 0 Å². The summed E-state index contributed by atoms with van der Waals surface area (Å²) in [7, 11) is -0.237. The maximum Gasteiger partial charge on any atom is 0.0403 e. The van der Waals surface area contributed by atoms with E-state index in [1.165, 1.54) is 41.7 Å². The first-order chi connectivity index (χ1) is 11.9. The van der Waals surface area contributed by atoms with E-state index in [0.29, 0.717) is 0 Å². The summed E-state index contributed by atoms with van der Waals surface area (Å²) in [5.74, 6) is 0. The van der Waals surface area contributed by atoms with Crippen LogP contribution in [0.2, 0.25) is 0 Å². The van der Waals surface area contributed by atoms with E-state index >= 15 is 0 Å². The van der Waals surface area contributed by atoms with Crippen LogP contribution in [-0.2, 0) is 6.42 Å². The molecule has 0 aliphatic heterocycles. The monoisotopic (exact) mass is 333 g/mol. The Balaban J connectivity index is 1.55. The topological polar surface area (TPSA) is 12.9 Å². The Bertz CT molecular complexity index is 658. The summed E-state index contributed by atoms with van der Waals surface area (Å²) in [4.78, 5) is 4.41. The summed E-state index contributed by atoms with van der Waals surface area (Å²) < 4.78 is 0. The van der Waals surface area contributed by atoms with Crippen LogP contribution in [0.1, 0.15) is 25.0 Å². The van der Waals surface area contributed by atoms with Crippen molar-refractivity contribution >= 4 is 18.5 Å². The Morgan fingerprint density at radius 2 is 1.25 bits per heavy atom. The molecule has 0 amide bonds. The number of nitrogens with zero attached hydrogens (tertiary/aromatic N) is 1. The lowest BCUT2D eigenvalue weighted by Gasteiger charge is -2.18. The van der Waals surface area contributed by atoms with E-state index < -0.39 is 0 Å². The van der Waals surface area contributed by atoms with Crippen molar-refractivity contribution in [1.82, 2.24) is 4.98 Å². The van der Waals surface area contributed by atoms with Gasteiger partial charge < -0.3 is 0 Å². The minimum Gasteiger partial charge on any atom is -0.261 e. The largest absolute Gasteiger partial charge is 0.261 e. The van der Waals surface area contributed by atoms with Crippen LogP contribution in [0.4, 0.5) is 0 Å². The molecule has 0 atom stereocenters. The van der Waals surface area contributed by atoms with Gasteiger partial charge in [0.05, 0.1) is 0 Å². The lowest BCUT2D eigenvalue weighted by atomic mass is 10.1. The molecule has 3 aromatic rings. The second-order valence-corrected chi connectivity index (χ2v) is 8.29. The Hall–Kier alpha value is -1.98. The van der Waals surface area contributed by atoms with Gasteiger partial charge in [-0.15, -0.1) is 0 Å². The number of benzene rings is 2. The predicted molar refractivity (Wildman–Crippen MR) is 106 cm³/mol. The van der Waals surface area contributed by atoms with Crippen LogP contribution in [-0.4, -0.2) is 11.1 Å². The molecule has 0 N–H and O–H groups in total. The van der Waals surface area contributed by atoms with Crippen molar-refractivity contribution < 1.29 is 0 Å². The Labute approximate surface area is 146 Å². The van der Waals surface area contributed by atoms with E-state index in [-0.39, 0.29) is 7.92 Å². The molecule has 3 rings (SSSR count). The van der Waals surface area contributed by atoms with E-state index in [1.807, 2.05) is 12.3 Å². The first-order valence-corrected chi connectivity index (χ1v) is 10.2. The van der Waals surface area contributed by atoms with Gasteiger partial charge >= 0.3 is 0 Å². The normalized spacial score (nSPS) is 10.9. The molecule has 0 radical (unpaired) electrons. The van der Waals surface area contributed by atoms with Gasteiger partial charge in [-0.3, -0.25) is 4.98 Å². The third-order valence-electron chi connectivity index (χ3n) is 4.18. The van der Waals surface area contributed by atoms with Gasteiger partial charge in [0.1, 0.15) is 0 Å². The summed E-state index contributed by atoms with van der Waals surface area (Å²) >= 11 is 0. The Morgan fingerprint density at radius 1 is 0.625 bits per heavy atom. The average Bonchev–Trinajstić information content (AvgIpc) is 2.67. The summed E-state index contributed by atoms with van der Waals surface area (Å²) in [6.07, 6.45) is 8.03. The fourth-order valence-corrected chi connectivity index (χ4v) is 5.34. The van der Waals surface area contributed by atoms with Crippen molar-refractivity contribution in [3.8, 4) is 0 Å². The summed E-state index contributed by atoms with van der Waals surface area (Å²) in [6, 6.07) is 28.2. The SMILES string of the molecule is c1ccc(P(CCCCCc2ccccn2)c2ccccc2)cc1. The zero-order chi connectivity index (χ0) is 16.5. The summed E-state index contributed by atoms with van der Waals surface area (Å²) in [5, 5.41) is 2.98. The third-order valence-corrected chi connectivity index (χ3v) is 6.78. The van der Waals surface area contributed by atoms with E-state index in [9.17, 15) is 0 Å². The molecule has 0 saturated carbocycles. The molecular formula is C22H24NP. The molecule has 1 nitrogen and oxygen atoms in total. The first kappa shape index (κ1) is 16.9. The molecule has 0 fully saturated rings. The molecule has 0 bridgehead atoms. The van der Waals surface area contributed by atoms with Gasteiger partial charge in [-0.05, 0) is 56.1 Å². The number of aromatic nitrogens is 1. The van der Waals surface area contributed by atoms with E-state index in [4.69, 9.17) is 0 Å². The number of pyridine rings is 1. The summed E-state index contributed by atoms with van der Waals surface area (Å²) in [5.41, 5.74) is 1.21. The lowest BCUT2D eigenvalue weighted by Crippen LogP contribution is -2.13. The molecule has 0 spiro atoms. The lowest BCUT2D eigenvalue weighted by molar-refractivity contribution is 0.711. The minimum absolute atomic E-state index is 0.237. The molecular weight excluding hydrogens is 309 g/mol. The molecule has 1 heterocycles. The highest BCUT2D eigenvalue weighted by atomic mass is 31.1. The smallest absolute Gasteiger partial charge is 0.0403 e. The fourth-order valence-electron chi connectivity index (χ4n) is 2.92. The molecule has 2 heteroatoms. The van der Waals surface area contributed by atoms with Gasteiger partial charge in [-0.2, -0.15) is 0 Å². The highest BCUT2D eigenvalue weighted by Crippen LogP contribution is 2.34. The average molecular weight is 333 g/mol. The highest BCUT2D eigenvalue weighted by Gasteiger charge is 2.12. The van der Waals surface area contributed by atoms with Crippen molar-refractivity contribution in [2.24, 2.45) is 0 Å². The molecule has 122 valence electrons. The molecule has 2 aromatic carbocycles. The quantitative estimate of drug-likeness (QED) is 0.421. The van der Waals surface area contributed by atoms with Crippen LogP contribution in [0.3, 0.4) is 0 Å². The van der Waals surface area contributed by atoms with Crippen molar-refractivity contribution in [2.75, 3.05) is 6.16 Å². The van der Waals surface area contributed by atoms with Gasteiger partial charge in [-0.1, -0.05) is 73.2 Å². The van der Waals surface area contributed by atoms with E-state index in [2.05, 4.69) is 77.8 Å². The van der Waals surface area contributed by atoms with Crippen molar-refractivity contribution in [3.05, 3.63) is 90.8 Å². The van der Waals surface area contributed by atoms with Gasteiger partial charge in [0, 0.05) is 11.9 Å². The van der Waals surface area contributed by atoms with Gasteiger partial charge in [0.15, 0.2) is 0 Å². The number of rotatable bonds is 8. The van der Waals surface area contributed by atoms with Gasteiger partial charge in [-0.25, -0.2) is 0 Å². The van der Waals surface area contributed by atoms with Crippen LogP contribution in [0, 0.1) is 0 Å². The molecule has 0 aliphatic carbocycles. The summed E-state index contributed by atoms with van der Waals surface area (Å²) in [6.45, 7) is 0. The molecule has 0 saturated heterocycles. The Morgan fingerprint density at radius 3 is 1.83 bits per heavy atom. The van der Waals surface area contributed by atoms with Crippen LogP contribution in [0.25, 0.3) is 0 Å². The van der Waals surface area contributed by atoms with Crippen LogP contribution >= 0.6 is 7.92 Å². The zero-order valence-corrected chi connectivity index (χ0v) is 14.9. The number of hydrogen-bond donors (Lipinski definition) is 0. The van der Waals surface area contributed by atoms with Crippen molar-refractivity contribution in [1.29, 1.82) is 0 Å². The van der Waals surface area contributed by atoms with Crippen LogP contribution in [0.5, 0.6) is 0 Å². The number of hydrogen-bond acceptors (Lipinski definition) is 1. The number of unbranched alkanes of at least 4 members (excludes halogenated alkanes) is 2.